The summed E-state index contributed by atoms with van der Waals surface area (Å²) in [6.45, 7) is 0.625. The van der Waals surface area contributed by atoms with E-state index in [1.165, 1.54) is 17.0 Å². The maximum atomic E-state index is 12.9. The van der Waals surface area contributed by atoms with Crippen molar-refractivity contribution in [2.75, 3.05) is 11.9 Å². The Morgan fingerprint density at radius 2 is 2.00 bits per heavy atom. The van der Waals surface area contributed by atoms with Crippen LogP contribution in [0.5, 0.6) is 0 Å². The molecule has 1 aromatic heterocycles. The van der Waals surface area contributed by atoms with E-state index in [4.69, 9.17) is 11.6 Å². The maximum absolute atomic E-state index is 12.9. The third-order valence-electron chi connectivity index (χ3n) is 3.93. The Morgan fingerprint density at radius 1 is 1.24 bits per heavy atom. The van der Waals surface area contributed by atoms with Crippen LogP contribution >= 0.6 is 11.6 Å². The second-order valence-electron chi connectivity index (χ2n) is 5.64. The Labute approximate surface area is 145 Å². The lowest BCUT2D eigenvalue weighted by atomic mass is 10.0. The largest absolute Gasteiger partial charge is 0.417 e. The number of carbonyl (C=O) groups is 1. The predicted octanol–water partition coefficient (Wildman–Crippen LogP) is 3.64. The molecule has 2 N–H and O–H groups in total. The number of hydrogen-bond donors (Lipinski definition) is 2. The average molecular weight is 372 g/mol. The Balaban J connectivity index is 1.75. The van der Waals surface area contributed by atoms with Crippen LogP contribution in [0.1, 0.15) is 16.7 Å². The summed E-state index contributed by atoms with van der Waals surface area (Å²) in [5, 5.41) is 2.02. The third-order valence-corrected chi connectivity index (χ3v) is 4.26. The Morgan fingerprint density at radius 3 is 2.72 bits per heavy atom. The summed E-state index contributed by atoms with van der Waals surface area (Å²) in [5.74, 6) is 0. The zero-order chi connectivity index (χ0) is 18.2. The average Bonchev–Trinajstić information content (AvgIpc) is 2.55. The molecule has 9 heteroatoms. The fourth-order valence-corrected chi connectivity index (χ4v) is 2.88. The van der Waals surface area contributed by atoms with Gasteiger partial charge >= 0.3 is 12.2 Å². The van der Waals surface area contributed by atoms with Crippen molar-refractivity contribution in [1.29, 1.82) is 0 Å². The highest BCUT2D eigenvalue weighted by molar-refractivity contribution is 6.31. The van der Waals surface area contributed by atoms with Crippen LogP contribution in [0.25, 0.3) is 0 Å². The van der Waals surface area contributed by atoms with Gasteiger partial charge in [-0.05, 0) is 35.7 Å². The highest BCUT2D eigenvalue weighted by Crippen LogP contribution is 2.36. The molecule has 2 heterocycles. The summed E-state index contributed by atoms with van der Waals surface area (Å²) in [7, 11) is 0. The second-order valence-corrected chi connectivity index (χ2v) is 6.05. The quantitative estimate of drug-likeness (QED) is 0.803. The fourth-order valence-electron chi connectivity index (χ4n) is 2.66. The van der Waals surface area contributed by atoms with Crippen molar-refractivity contribution in [2.24, 2.45) is 0 Å². The minimum atomic E-state index is -4.60. The number of amides is 2. The van der Waals surface area contributed by atoms with E-state index in [-0.39, 0.29) is 17.8 Å². The Kier molecular flexibility index (Phi) is 4.47. The molecule has 25 heavy (non-hydrogen) atoms. The van der Waals surface area contributed by atoms with Gasteiger partial charge in [-0.25, -0.2) is 4.79 Å². The van der Waals surface area contributed by atoms with Crippen molar-refractivity contribution in [2.45, 2.75) is 19.1 Å². The molecule has 5 nitrogen and oxygen atoms in total. The summed E-state index contributed by atoms with van der Waals surface area (Å²) in [5.41, 5.74) is 0.451. The molecular weight excluding hydrogens is 359 g/mol. The van der Waals surface area contributed by atoms with Gasteiger partial charge in [0.1, 0.15) is 0 Å². The lowest BCUT2D eigenvalue weighted by Crippen LogP contribution is -2.39. The molecule has 2 amide bonds. The van der Waals surface area contributed by atoms with Gasteiger partial charge in [0.2, 0.25) is 5.56 Å². The molecule has 0 atom stereocenters. The van der Waals surface area contributed by atoms with Gasteiger partial charge in [-0.2, -0.15) is 13.2 Å². The van der Waals surface area contributed by atoms with Gasteiger partial charge in [0, 0.05) is 31.0 Å². The molecule has 1 aromatic carbocycles. The van der Waals surface area contributed by atoms with Crippen LogP contribution < -0.4 is 10.9 Å². The van der Waals surface area contributed by atoms with Crippen LogP contribution in [0.3, 0.4) is 0 Å². The number of carbonyl (C=O) groups excluding carboxylic acids is 1. The monoisotopic (exact) mass is 371 g/mol. The van der Waals surface area contributed by atoms with Crippen LogP contribution in [0.4, 0.5) is 23.7 Å². The molecule has 0 radical (unpaired) electrons. The van der Waals surface area contributed by atoms with E-state index in [0.717, 1.165) is 23.3 Å². The highest BCUT2D eigenvalue weighted by Gasteiger charge is 2.33. The number of H-pyrrole nitrogens is 1. The van der Waals surface area contributed by atoms with Gasteiger partial charge in [0.05, 0.1) is 10.6 Å². The molecule has 0 saturated heterocycles. The van der Waals surface area contributed by atoms with Crippen LogP contribution in [-0.4, -0.2) is 22.5 Å². The van der Waals surface area contributed by atoms with Crippen molar-refractivity contribution < 1.29 is 18.0 Å². The maximum Gasteiger partial charge on any atom is 0.417 e. The first-order valence-corrected chi connectivity index (χ1v) is 7.75. The van der Waals surface area contributed by atoms with E-state index in [2.05, 4.69) is 10.3 Å². The van der Waals surface area contributed by atoms with Crippen molar-refractivity contribution in [3.8, 4) is 0 Å². The van der Waals surface area contributed by atoms with E-state index >= 15 is 0 Å². The highest BCUT2D eigenvalue weighted by atomic mass is 35.5. The number of urea groups is 1. The summed E-state index contributed by atoms with van der Waals surface area (Å²) in [6.07, 6.45) is -2.56. The van der Waals surface area contributed by atoms with E-state index < -0.39 is 22.8 Å². The topological polar surface area (TPSA) is 65.2 Å². The zero-order valence-corrected chi connectivity index (χ0v) is 13.5. The van der Waals surface area contributed by atoms with Gasteiger partial charge in [0.25, 0.3) is 0 Å². The summed E-state index contributed by atoms with van der Waals surface area (Å²) >= 11 is 5.56. The van der Waals surface area contributed by atoms with Crippen molar-refractivity contribution in [3.63, 3.8) is 0 Å². The number of nitrogens with one attached hydrogen (secondary N) is 2. The third kappa shape index (κ3) is 3.79. The van der Waals surface area contributed by atoms with E-state index in [1.807, 2.05) is 0 Å². The van der Waals surface area contributed by atoms with Gasteiger partial charge in [-0.1, -0.05) is 11.6 Å². The molecule has 2 aromatic rings. The van der Waals surface area contributed by atoms with Crippen LogP contribution in [-0.2, 0) is 19.1 Å². The molecule has 0 spiro atoms. The van der Waals surface area contributed by atoms with Gasteiger partial charge in [-0.15, -0.1) is 0 Å². The van der Waals surface area contributed by atoms with Gasteiger partial charge < -0.3 is 15.2 Å². The number of fused-ring (bicyclic) bond motifs is 1. The molecule has 0 fully saturated rings. The standard InChI is InChI=1S/C16H13ClF3N3O2/c17-13-2-1-11(6-12(13)16(18,19)20)22-15(25)23-4-3-9-5-14(24)21-7-10(9)8-23/h1-2,5-7H,3-4,8H2,(H,21,24)(H,22,25). The number of pyridine rings is 1. The van der Waals surface area contributed by atoms with Crippen molar-refractivity contribution >= 4 is 23.3 Å². The second kappa shape index (κ2) is 6.44. The molecule has 0 bridgehead atoms. The summed E-state index contributed by atoms with van der Waals surface area (Å²) in [6, 6.07) is 4.17. The van der Waals surface area contributed by atoms with Crippen LogP contribution in [0.15, 0.2) is 35.3 Å². The summed E-state index contributed by atoms with van der Waals surface area (Å²) < 4.78 is 38.6. The van der Waals surface area contributed by atoms with Gasteiger partial charge in [0.15, 0.2) is 0 Å². The molecule has 132 valence electrons. The number of nitrogens with zero attached hydrogens (tertiary/aromatic N) is 1. The number of aromatic nitrogens is 1. The van der Waals surface area contributed by atoms with E-state index in [1.54, 1.807) is 6.20 Å². The fraction of sp³-hybridized carbons (Fsp3) is 0.250. The number of anilines is 1. The molecule has 0 unspecified atom stereocenters. The van der Waals surface area contributed by atoms with E-state index in [9.17, 15) is 22.8 Å². The lowest BCUT2D eigenvalue weighted by Gasteiger charge is -2.28. The SMILES string of the molecule is O=C(Nc1ccc(Cl)c(C(F)(F)F)c1)N1CCc2cc(=O)[nH]cc2C1. The Bertz CT molecular complexity index is 880. The predicted molar refractivity (Wildman–Crippen MR) is 86.6 cm³/mol. The minimum absolute atomic E-state index is 0.00832. The van der Waals surface area contributed by atoms with Gasteiger partial charge in [-0.3, -0.25) is 4.79 Å². The number of halogens is 4. The summed E-state index contributed by atoms with van der Waals surface area (Å²) in [4.78, 5) is 27.6. The smallest absolute Gasteiger partial charge is 0.329 e. The molecule has 1 aliphatic heterocycles. The number of rotatable bonds is 1. The van der Waals surface area contributed by atoms with Crippen molar-refractivity contribution in [1.82, 2.24) is 9.88 Å². The zero-order valence-electron chi connectivity index (χ0n) is 12.8. The normalized spacial score (nSPS) is 14.2. The molecule has 3 rings (SSSR count). The van der Waals surface area contributed by atoms with Crippen molar-refractivity contribution in [3.05, 3.63) is 62.5 Å². The first kappa shape index (κ1) is 17.3. The van der Waals surface area contributed by atoms with E-state index in [0.29, 0.717) is 13.0 Å². The number of alkyl halides is 3. The molecular formula is C16H13ClF3N3O2. The molecule has 0 saturated carbocycles. The number of aromatic amines is 1. The Hall–Kier alpha value is -2.48. The molecule has 0 aliphatic carbocycles. The lowest BCUT2D eigenvalue weighted by molar-refractivity contribution is -0.137. The minimum Gasteiger partial charge on any atom is -0.329 e. The number of benzene rings is 1. The van der Waals surface area contributed by atoms with Crippen LogP contribution in [0.2, 0.25) is 5.02 Å². The molecule has 1 aliphatic rings. The number of hydrogen-bond acceptors (Lipinski definition) is 2. The first-order valence-electron chi connectivity index (χ1n) is 7.37. The van der Waals surface area contributed by atoms with Crippen LogP contribution in [0, 0.1) is 0 Å². The first-order chi connectivity index (χ1) is 11.7.